The highest BCUT2D eigenvalue weighted by Gasteiger charge is 2.12. The van der Waals surface area contributed by atoms with Gasteiger partial charge in [0.1, 0.15) is 11.4 Å². The van der Waals surface area contributed by atoms with E-state index in [0.29, 0.717) is 37.7 Å². The van der Waals surface area contributed by atoms with E-state index in [1.165, 1.54) is 16.7 Å². The van der Waals surface area contributed by atoms with Crippen molar-refractivity contribution in [2.75, 3.05) is 17.7 Å². The van der Waals surface area contributed by atoms with Crippen molar-refractivity contribution in [1.29, 1.82) is 0 Å². The number of anilines is 2. The average Bonchev–Trinajstić information content (AvgIpc) is 3.46. The number of hydrogen-bond donors (Lipinski definition) is 3. The van der Waals surface area contributed by atoms with Crippen molar-refractivity contribution in [3.05, 3.63) is 83.2 Å². The summed E-state index contributed by atoms with van der Waals surface area (Å²) < 4.78 is 47.0. The Labute approximate surface area is 199 Å². The van der Waals surface area contributed by atoms with Gasteiger partial charge in [0.2, 0.25) is 0 Å². The van der Waals surface area contributed by atoms with Crippen molar-refractivity contribution in [2.24, 2.45) is 0 Å². The van der Waals surface area contributed by atoms with Crippen molar-refractivity contribution in [3.8, 4) is 5.75 Å². The lowest BCUT2D eigenvalue weighted by atomic mass is 10.2. The molecule has 3 N–H and O–H groups in total. The van der Waals surface area contributed by atoms with Crippen molar-refractivity contribution >= 4 is 55.3 Å². The number of rotatable bonds is 5. The van der Waals surface area contributed by atoms with Gasteiger partial charge in [-0.2, -0.15) is 0 Å². The largest absolute Gasteiger partial charge is 0.495 e. The number of fused-ring (bicyclic) bond motifs is 2. The van der Waals surface area contributed by atoms with Crippen LogP contribution in [-0.4, -0.2) is 27.6 Å². The topological polar surface area (TPSA) is 84.0 Å². The number of benzene rings is 2. The molecule has 160 valence electrons. The van der Waals surface area contributed by atoms with Gasteiger partial charge in [-0.3, -0.25) is 0 Å². The van der Waals surface area contributed by atoms with Gasteiger partial charge in [-0.05, 0) is 54.1 Å². The number of hydrogen-bond acceptors (Lipinski definition) is 3. The molecule has 8 heteroatoms. The van der Waals surface area contributed by atoms with Crippen LogP contribution in [-0.2, 0) is 6.50 Å². The maximum atomic E-state index is 12.9. The molecule has 0 aliphatic heterocycles. The van der Waals surface area contributed by atoms with E-state index in [9.17, 15) is 4.79 Å². The lowest BCUT2D eigenvalue weighted by Crippen LogP contribution is -2.20. The average molecular weight is 495 g/mol. The van der Waals surface area contributed by atoms with Crippen molar-refractivity contribution in [2.45, 2.75) is 6.50 Å². The molecule has 0 atom stereocenters. The van der Waals surface area contributed by atoms with Crippen LogP contribution < -0.4 is 15.4 Å². The van der Waals surface area contributed by atoms with Crippen LogP contribution in [0.1, 0.15) is 12.4 Å². The lowest BCUT2D eigenvalue weighted by molar-refractivity contribution is 0.262. The van der Waals surface area contributed by atoms with Crippen LogP contribution in [0.5, 0.6) is 5.75 Å². The van der Waals surface area contributed by atoms with Gasteiger partial charge in [-0.1, -0.05) is 22.0 Å². The fourth-order valence-corrected chi connectivity index (χ4v) is 3.88. The number of pyridine rings is 1. The molecule has 0 aliphatic rings. The zero-order valence-corrected chi connectivity index (χ0v) is 18.1. The third-order valence-electron chi connectivity index (χ3n) is 4.97. The zero-order chi connectivity index (χ0) is 26.4. The number of ether oxygens (including phenoxy) is 1. The summed E-state index contributed by atoms with van der Waals surface area (Å²) in [4.78, 5) is 20.1. The van der Waals surface area contributed by atoms with E-state index in [2.05, 4.69) is 36.5 Å². The second kappa shape index (κ2) is 8.39. The van der Waals surface area contributed by atoms with E-state index >= 15 is 0 Å². The van der Waals surface area contributed by atoms with Crippen LogP contribution >= 0.6 is 15.9 Å². The number of carbonyl (C=O) groups is 1. The Morgan fingerprint density at radius 2 is 2.09 bits per heavy atom. The summed E-state index contributed by atoms with van der Waals surface area (Å²) in [5.74, 6) is -0.0101. The van der Waals surface area contributed by atoms with Crippen LogP contribution in [0.3, 0.4) is 0 Å². The monoisotopic (exact) mass is 494 g/mol. The molecule has 2 aromatic carbocycles. The van der Waals surface area contributed by atoms with Gasteiger partial charge in [0.15, 0.2) is 0 Å². The van der Waals surface area contributed by atoms with Crippen molar-refractivity contribution < 1.29 is 16.4 Å². The molecule has 0 unspecified atom stereocenters. The van der Waals surface area contributed by atoms with E-state index in [4.69, 9.17) is 11.6 Å². The first kappa shape index (κ1) is 15.1. The van der Waals surface area contributed by atoms with Gasteiger partial charge in [0, 0.05) is 40.3 Å². The van der Waals surface area contributed by atoms with E-state index in [-0.39, 0.29) is 11.4 Å². The Bertz CT molecular complexity index is 1630. The number of methoxy groups -OCH3 is 1. The number of nitrogens with zero attached hydrogens (tertiary/aromatic N) is 2. The van der Waals surface area contributed by atoms with Crippen LogP contribution in [0.4, 0.5) is 16.2 Å². The second-order valence-electron chi connectivity index (χ2n) is 6.96. The lowest BCUT2D eigenvalue weighted by Gasteiger charge is -2.12. The summed E-state index contributed by atoms with van der Waals surface area (Å²) in [6.07, 6.45) is 4.87. The molecule has 5 rings (SSSR count). The summed E-state index contributed by atoms with van der Waals surface area (Å²) in [6, 6.07) is 14.4. The van der Waals surface area contributed by atoms with Gasteiger partial charge in [0.25, 0.3) is 0 Å². The Morgan fingerprint density at radius 1 is 1.19 bits per heavy atom. The normalized spacial score (nSPS) is 14.2. The van der Waals surface area contributed by atoms with E-state index in [0.717, 1.165) is 0 Å². The summed E-state index contributed by atoms with van der Waals surface area (Å²) in [5, 5.41) is 6.67. The minimum Gasteiger partial charge on any atom is -0.495 e. The molecule has 0 radical (unpaired) electrons. The highest BCUT2D eigenvalue weighted by Crippen LogP contribution is 2.29. The van der Waals surface area contributed by atoms with Crippen LogP contribution in [0.25, 0.3) is 21.9 Å². The Morgan fingerprint density at radius 3 is 3.00 bits per heavy atom. The Kier molecular flexibility index (Phi) is 3.96. The predicted molar refractivity (Wildman–Crippen MR) is 130 cm³/mol. The maximum Gasteiger partial charge on any atom is 0.323 e. The number of H-pyrrole nitrogens is 1. The van der Waals surface area contributed by atoms with Crippen LogP contribution in [0, 0.1) is 0 Å². The fourth-order valence-electron chi connectivity index (χ4n) is 3.52. The Hall–Kier alpha value is -3.78. The quantitative estimate of drug-likeness (QED) is 0.281. The molecule has 7 nitrogen and oxygen atoms in total. The summed E-state index contributed by atoms with van der Waals surface area (Å²) in [5.41, 5.74) is 2.19. The number of amides is 2. The van der Waals surface area contributed by atoms with Gasteiger partial charge in [-0.25, -0.2) is 9.78 Å². The summed E-state index contributed by atoms with van der Waals surface area (Å²) in [7, 11) is -2.69. The second-order valence-corrected chi connectivity index (χ2v) is 7.88. The first-order chi connectivity index (χ1) is 17.5. The molecule has 5 aromatic rings. The van der Waals surface area contributed by atoms with Gasteiger partial charge in [0.05, 0.1) is 30.8 Å². The highest BCUT2D eigenvalue weighted by atomic mass is 79.9. The molecule has 0 fully saturated rings. The number of aromatic amines is 1. The molecular formula is C24H20BrN5O2. The fraction of sp³-hybridized carbons (Fsp3) is 0.0833. The first-order valence-corrected chi connectivity index (χ1v) is 10.4. The third-order valence-corrected chi connectivity index (χ3v) is 5.47. The molecule has 2 amide bonds. The van der Waals surface area contributed by atoms with Gasteiger partial charge in [-0.15, -0.1) is 0 Å². The molecule has 0 aliphatic carbocycles. The number of aromatic nitrogens is 3. The number of halogens is 1. The molecule has 32 heavy (non-hydrogen) atoms. The van der Waals surface area contributed by atoms with E-state index in [1.54, 1.807) is 61.1 Å². The van der Waals surface area contributed by atoms with Crippen LogP contribution in [0.15, 0.2) is 77.7 Å². The summed E-state index contributed by atoms with van der Waals surface area (Å²) in [6.45, 7) is -1.91. The molecule has 0 bridgehead atoms. The molecule has 0 saturated heterocycles. The SMILES string of the molecule is [2H]C([2H])([2H])Oc1ccc(Br)cc1NC(=O)Nc1cccc2c1ccn2C([2H])([2H])c1c[nH]c2ncccc12. The van der Waals surface area contributed by atoms with Crippen LogP contribution in [0.2, 0.25) is 0 Å². The summed E-state index contributed by atoms with van der Waals surface area (Å²) >= 11 is 3.31. The number of urea groups is 1. The van der Waals surface area contributed by atoms with Gasteiger partial charge < -0.3 is 24.9 Å². The molecular weight excluding hydrogens is 470 g/mol. The van der Waals surface area contributed by atoms with E-state index < -0.39 is 19.6 Å². The maximum absolute atomic E-state index is 12.9. The molecule has 3 aromatic heterocycles. The number of nitrogens with one attached hydrogen (secondary N) is 3. The Balaban J connectivity index is 1.44. The highest BCUT2D eigenvalue weighted by molar-refractivity contribution is 9.10. The van der Waals surface area contributed by atoms with E-state index in [1.807, 2.05) is 0 Å². The minimum atomic E-state index is -2.69. The smallest absolute Gasteiger partial charge is 0.323 e. The third kappa shape index (κ3) is 3.80. The van der Waals surface area contributed by atoms with Gasteiger partial charge >= 0.3 is 6.03 Å². The molecule has 0 saturated carbocycles. The minimum absolute atomic E-state index is 0.0101. The standard InChI is InChI=1S/C24H20BrN5O2/c1-32-22-8-7-16(25)12-20(22)29-24(31)28-19-5-2-6-21-18(19)9-11-30(21)14-15-13-27-23-17(15)4-3-10-26-23/h2-13H,14H2,1H3,(H,26,27)(H2,28,29,31)/i1D3,14D2. The zero-order valence-electron chi connectivity index (χ0n) is 21.5. The molecule has 0 spiro atoms. The van der Waals surface area contributed by atoms with Crippen molar-refractivity contribution in [3.63, 3.8) is 0 Å². The number of carbonyl (C=O) groups excluding carboxylic acids is 1. The molecule has 3 heterocycles. The first-order valence-electron chi connectivity index (χ1n) is 12.1. The predicted octanol–water partition coefficient (Wildman–Crippen LogP) is 5.98. The van der Waals surface area contributed by atoms with Crippen molar-refractivity contribution in [1.82, 2.24) is 14.5 Å².